The average Bonchev–Trinajstić information content (AvgIpc) is 2.71. The van der Waals surface area contributed by atoms with E-state index in [4.69, 9.17) is 4.42 Å². The Morgan fingerprint density at radius 1 is 1.28 bits per heavy atom. The molecule has 2 rings (SSSR count). The number of nitrogens with one attached hydrogen (secondary N) is 1. The van der Waals surface area contributed by atoms with Crippen molar-refractivity contribution in [2.45, 2.75) is 19.9 Å². The van der Waals surface area contributed by atoms with Crippen LogP contribution in [0.1, 0.15) is 29.9 Å². The Kier molecular flexibility index (Phi) is 4.65. The van der Waals surface area contributed by atoms with E-state index in [2.05, 4.69) is 69.2 Å². The molecule has 4 heteroatoms. The summed E-state index contributed by atoms with van der Waals surface area (Å²) in [4.78, 5) is 0. The molecule has 1 aromatic carbocycles. The van der Waals surface area contributed by atoms with Crippen LogP contribution in [0.5, 0.6) is 0 Å². The molecule has 0 radical (unpaired) electrons. The zero-order valence-electron chi connectivity index (χ0n) is 10.3. The van der Waals surface area contributed by atoms with Crippen LogP contribution in [0.25, 0.3) is 0 Å². The number of hydrogen-bond acceptors (Lipinski definition) is 2. The minimum Gasteiger partial charge on any atom is -0.466 e. The van der Waals surface area contributed by atoms with Crippen molar-refractivity contribution in [1.29, 1.82) is 0 Å². The molecule has 0 saturated carbocycles. The molecule has 1 unspecified atom stereocenters. The summed E-state index contributed by atoms with van der Waals surface area (Å²) >= 11 is 7.07. The van der Waals surface area contributed by atoms with Gasteiger partial charge < -0.3 is 9.73 Å². The van der Waals surface area contributed by atoms with Crippen LogP contribution in [0.4, 0.5) is 0 Å². The zero-order valence-corrected chi connectivity index (χ0v) is 13.5. The molecule has 0 fully saturated rings. The van der Waals surface area contributed by atoms with Crippen LogP contribution in [-0.4, -0.2) is 6.54 Å². The molecule has 96 valence electrons. The maximum atomic E-state index is 5.59. The van der Waals surface area contributed by atoms with E-state index in [1.807, 2.05) is 6.07 Å². The summed E-state index contributed by atoms with van der Waals surface area (Å²) in [5.74, 6) is 0.911. The third-order valence-corrected chi connectivity index (χ3v) is 3.83. The van der Waals surface area contributed by atoms with Crippen molar-refractivity contribution in [3.8, 4) is 0 Å². The van der Waals surface area contributed by atoms with Crippen LogP contribution in [0, 0.1) is 6.92 Å². The minimum absolute atomic E-state index is 0.0653. The summed E-state index contributed by atoms with van der Waals surface area (Å²) in [5.41, 5.74) is 2.42. The largest absolute Gasteiger partial charge is 0.466 e. The predicted octanol–water partition coefficient (Wildman–Crippen LogP) is 4.81. The Labute approximate surface area is 124 Å². The van der Waals surface area contributed by atoms with Gasteiger partial charge in [0, 0.05) is 4.47 Å². The first-order chi connectivity index (χ1) is 8.61. The van der Waals surface area contributed by atoms with Gasteiger partial charge in [-0.3, -0.25) is 0 Å². The van der Waals surface area contributed by atoms with Crippen LogP contribution in [0.3, 0.4) is 0 Å². The van der Waals surface area contributed by atoms with Gasteiger partial charge in [0.1, 0.15) is 5.76 Å². The summed E-state index contributed by atoms with van der Waals surface area (Å²) in [6, 6.07) is 8.38. The van der Waals surface area contributed by atoms with Crippen molar-refractivity contribution in [3.63, 3.8) is 0 Å². The third-order valence-electron chi connectivity index (χ3n) is 2.71. The lowest BCUT2D eigenvalue weighted by Gasteiger charge is -2.17. The van der Waals surface area contributed by atoms with E-state index in [0.29, 0.717) is 0 Å². The summed E-state index contributed by atoms with van der Waals surface area (Å²) in [5, 5.41) is 3.45. The van der Waals surface area contributed by atoms with E-state index >= 15 is 0 Å². The Morgan fingerprint density at radius 3 is 2.61 bits per heavy atom. The Hall–Kier alpha value is -0.580. The molecule has 0 amide bonds. The molecule has 18 heavy (non-hydrogen) atoms. The molecule has 0 bridgehead atoms. The predicted molar refractivity (Wildman–Crippen MR) is 80.8 cm³/mol. The molecule has 1 heterocycles. The molecule has 0 spiro atoms. The van der Waals surface area contributed by atoms with Crippen LogP contribution in [-0.2, 0) is 0 Å². The normalized spacial score (nSPS) is 12.7. The fourth-order valence-corrected chi connectivity index (χ4v) is 3.06. The fraction of sp³-hybridized carbons (Fsp3) is 0.286. The molecule has 0 saturated heterocycles. The molecule has 1 aromatic heterocycles. The second-order valence-electron chi connectivity index (χ2n) is 4.19. The maximum absolute atomic E-state index is 5.59. The van der Waals surface area contributed by atoms with Gasteiger partial charge in [0.25, 0.3) is 0 Å². The second kappa shape index (κ2) is 6.04. The fourth-order valence-electron chi connectivity index (χ4n) is 2.01. The molecular weight excluding hydrogens is 358 g/mol. The van der Waals surface area contributed by atoms with E-state index in [-0.39, 0.29) is 6.04 Å². The lowest BCUT2D eigenvalue weighted by molar-refractivity contribution is 0.449. The number of aryl methyl sites for hydroxylation is 1. The molecule has 1 N–H and O–H groups in total. The van der Waals surface area contributed by atoms with Crippen LogP contribution < -0.4 is 5.32 Å². The van der Waals surface area contributed by atoms with Gasteiger partial charge in [0.2, 0.25) is 0 Å². The van der Waals surface area contributed by atoms with Gasteiger partial charge in [0.05, 0.1) is 16.8 Å². The third kappa shape index (κ3) is 3.05. The lowest BCUT2D eigenvalue weighted by atomic mass is 10.0. The minimum atomic E-state index is 0.0653. The van der Waals surface area contributed by atoms with Gasteiger partial charge in [-0.2, -0.15) is 0 Å². The molecule has 2 aromatic rings. The van der Waals surface area contributed by atoms with Gasteiger partial charge >= 0.3 is 0 Å². The topological polar surface area (TPSA) is 25.2 Å². The Bertz CT molecular complexity index is 516. The van der Waals surface area contributed by atoms with Gasteiger partial charge in [-0.25, -0.2) is 0 Å². The van der Waals surface area contributed by atoms with Crippen LogP contribution in [0.2, 0.25) is 0 Å². The van der Waals surface area contributed by atoms with Gasteiger partial charge in [-0.1, -0.05) is 28.9 Å². The average molecular weight is 373 g/mol. The smallest absolute Gasteiger partial charge is 0.139 e. The van der Waals surface area contributed by atoms with E-state index in [1.165, 1.54) is 11.1 Å². The Balaban J connectivity index is 2.44. The van der Waals surface area contributed by atoms with E-state index in [1.54, 1.807) is 6.26 Å². The van der Waals surface area contributed by atoms with Gasteiger partial charge in [-0.15, -0.1) is 0 Å². The van der Waals surface area contributed by atoms with Crippen molar-refractivity contribution in [2.24, 2.45) is 0 Å². The molecule has 2 nitrogen and oxygen atoms in total. The molecular formula is C14H15Br2NO. The first-order valence-corrected chi connectivity index (χ1v) is 7.43. The first kappa shape index (κ1) is 13.8. The SMILES string of the molecule is CCNC(c1cc(C)cc(Br)c1)c1occc1Br. The van der Waals surface area contributed by atoms with Crippen molar-refractivity contribution >= 4 is 31.9 Å². The monoisotopic (exact) mass is 371 g/mol. The number of rotatable bonds is 4. The van der Waals surface area contributed by atoms with Crippen molar-refractivity contribution in [2.75, 3.05) is 6.54 Å². The number of furan rings is 1. The molecule has 0 aliphatic carbocycles. The zero-order chi connectivity index (χ0) is 13.1. The Morgan fingerprint density at radius 2 is 2.06 bits per heavy atom. The van der Waals surface area contributed by atoms with Crippen molar-refractivity contribution in [3.05, 3.63) is 56.4 Å². The number of halogens is 2. The van der Waals surface area contributed by atoms with Crippen LogP contribution >= 0.6 is 31.9 Å². The number of hydrogen-bond donors (Lipinski definition) is 1. The second-order valence-corrected chi connectivity index (χ2v) is 5.96. The maximum Gasteiger partial charge on any atom is 0.139 e. The highest BCUT2D eigenvalue weighted by atomic mass is 79.9. The van der Waals surface area contributed by atoms with Gasteiger partial charge in [0.15, 0.2) is 0 Å². The van der Waals surface area contributed by atoms with Crippen molar-refractivity contribution in [1.82, 2.24) is 5.32 Å². The summed E-state index contributed by atoms with van der Waals surface area (Å²) in [6.45, 7) is 5.06. The first-order valence-electron chi connectivity index (χ1n) is 5.85. The molecule has 0 aliphatic heterocycles. The summed E-state index contributed by atoms with van der Waals surface area (Å²) < 4.78 is 7.67. The molecule has 1 atom stereocenters. The van der Waals surface area contributed by atoms with E-state index in [9.17, 15) is 0 Å². The van der Waals surface area contributed by atoms with E-state index < -0.39 is 0 Å². The van der Waals surface area contributed by atoms with E-state index in [0.717, 1.165) is 21.3 Å². The highest BCUT2D eigenvalue weighted by molar-refractivity contribution is 9.10. The van der Waals surface area contributed by atoms with Crippen LogP contribution in [0.15, 0.2) is 43.9 Å². The van der Waals surface area contributed by atoms with Crippen molar-refractivity contribution < 1.29 is 4.42 Å². The highest BCUT2D eigenvalue weighted by Gasteiger charge is 2.19. The quantitative estimate of drug-likeness (QED) is 0.832. The summed E-state index contributed by atoms with van der Waals surface area (Å²) in [7, 11) is 0. The molecule has 0 aliphatic rings. The standard InChI is InChI=1S/C14H15Br2NO/c1-3-17-13(14-12(16)4-5-18-14)10-6-9(2)7-11(15)8-10/h4-8,13,17H,3H2,1-2H3. The number of benzene rings is 1. The highest BCUT2D eigenvalue weighted by Crippen LogP contribution is 2.31. The van der Waals surface area contributed by atoms with Gasteiger partial charge in [-0.05, 0) is 58.7 Å². The summed E-state index contributed by atoms with van der Waals surface area (Å²) in [6.07, 6.45) is 1.70. The lowest BCUT2D eigenvalue weighted by Crippen LogP contribution is -2.22.